The molecule has 2 unspecified atom stereocenters. The van der Waals surface area contributed by atoms with Crippen LogP contribution in [0.4, 0.5) is 0 Å². The van der Waals surface area contributed by atoms with E-state index in [2.05, 4.69) is 63.7 Å². The molecule has 0 radical (unpaired) electrons. The van der Waals surface area contributed by atoms with Crippen molar-refractivity contribution in [2.24, 2.45) is 5.41 Å². The standard InChI is InChI=1S/C11H18Br4O8P2/c12-1-9(14)3-18-24(16)20-5-11(6-21-24)7-22-25(17,23-8-11)19-4-10(15)2-13/h9-10H,1-8H2. The maximum Gasteiger partial charge on any atom is 0.474 e. The van der Waals surface area contributed by atoms with Gasteiger partial charge in [-0.25, -0.2) is 9.13 Å². The maximum absolute atomic E-state index is 12.3. The summed E-state index contributed by atoms with van der Waals surface area (Å²) in [6.45, 7) is 0.545. The van der Waals surface area contributed by atoms with Gasteiger partial charge in [0.1, 0.15) is 0 Å². The molecule has 2 saturated heterocycles. The molecule has 2 atom stereocenters. The molecule has 0 aromatic carbocycles. The molecule has 0 amide bonds. The Balaban J connectivity index is 1.81. The molecule has 2 aliphatic rings. The third kappa shape index (κ3) is 7.16. The van der Waals surface area contributed by atoms with E-state index in [1.807, 2.05) is 0 Å². The summed E-state index contributed by atoms with van der Waals surface area (Å²) < 4.78 is 56.4. The van der Waals surface area contributed by atoms with E-state index in [0.29, 0.717) is 10.7 Å². The zero-order valence-corrected chi connectivity index (χ0v) is 21.1. The van der Waals surface area contributed by atoms with Gasteiger partial charge in [-0.05, 0) is 0 Å². The molecule has 2 aliphatic heterocycles. The first kappa shape index (κ1) is 23.4. The molecular weight excluding hydrogens is 642 g/mol. The zero-order chi connectivity index (χ0) is 18.6. The fraction of sp³-hybridized carbons (Fsp3) is 1.00. The van der Waals surface area contributed by atoms with Crippen LogP contribution in [0, 0.1) is 5.41 Å². The van der Waals surface area contributed by atoms with Crippen LogP contribution in [0.1, 0.15) is 0 Å². The number of halogens is 4. The average molecular weight is 660 g/mol. The summed E-state index contributed by atoms with van der Waals surface area (Å²) in [4.78, 5) is -0.0212. The van der Waals surface area contributed by atoms with E-state index in [1.54, 1.807) is 0 Å². The van der Waals surface area contributed by atoms with Crippen molar-refractivity contribution < 1.29 is 36.3 Å². The SMILES string of the molecule is O=P1(OCC(Br)CBr)OCC2(CO1)COP(=O)(OCC(Br)CBr)OC2. The minimum absolute atomic E-state index is 0.0106. The lowest BCUT2D eigenvalue weighted by molar-refractivity contribution is -0.0950. The van der Waals surface area contributed by atoms with Gasteiger partial charge in [-0.3, -0.25) is 27.1 Å². The first-order chi connectivity index (χ1) is 11.7. The van der Waals surface area contributed by atoms with Crippen molar-refractivity contribution in [3.05, 3.63) is 0 Å². The second kappa shape index (κ2) is 10.3. The van der Waals surface area contributed by atoms with Crippen LogP contribution in [0.5, 0.6) is 0 Å². The molecular formula is C11H18Br4O8P2. The molecule has 25 heavy (non-hydrogen) atoms. The monoisotopic (exact) mass is 656 g/mol. The summed E-state index contributed by atoms with van der Waals surface area (Å²) in [5.41, 5.74) is -0.693. The Kier molecular flexibility index (Phi) is 9.61. The van der Waals surface area contributed by atoms with E-state index in [4.69, 9.17) is 27.1 Å². The highest BCUT2D eigenvalue weighted by molar-refractivity contribution is 9.12. The minimum atomic E-state index is -3.61. The van der Waals surface area contributed by atoms with E-state index in [9.17, 15) is 9.13 Å². The van der Waals surface area contributed by atoms with Gasteiger partial charge < -0.3 is 0 Å². The minimum Gasteiger partial charge on any atom is -0.286 e. The Bertz CT molecular complexity index is 465. The summed E-state index contributed by atoms with van der Waals surface area (Å²) in [6, 6.07) is 0. The molecule has 0 bridgehead atoms. The quantitative estimate of drug-likeness (QED) is 0.275. The molecule has 8 nitrogen and oxygen atoms in total. The van der Waals surface area contributed by atoms with Crippen molar-refractivity contribution in [1.29, 1.82) is 0 Å². The first-order valence-electron chi connectivity index (χ1n) is 7.21. The van der Waals surface area contributed by atoms with Crippen LogP contribution < -0.4 is 0 Å². The van der Waals surface area contributed by atoms with Crippen LogP contribution >= 0.6 is 79.4 Å². The molecule has 148 valence electrons. The Hall–Kier alpha value is 2.14. The molecule has 0 aromatic heterocycles. The number of rotatable bonds is 8. The van der Waals surface area contributed by atoms with E-state index in [-0.39, 0.29) is 49.3 Å². The largest absolute Gasteiger partial charge is 0.474 e. The van der Waals surface area contributed by atoms with Crippen molar-refractivity contribution >= 4 is 79.4 Å². The van der Waals surface area contributed by atoms with Crippen LogP contribution in [-0.2, 0) is 36.3 Å². The number of phosphoric acid groups is 2. The van der Waals surface area contributed by atoms with E-state index >= 15 is 0 Å². The Morgan fingerprint density at radius 1 is 0.800 bits per heavy atom. The molecule has 2 heterocycles. The predicted molar refractivity (Wildman–Crippen MR) is 106 cm³/mol. The fourth-order valence-corrected chi connectivity index (χ4v) is 5.72. The summed E-state index contributed by atoms with van der Waals surface area (Å²) in [5, 5.41) is 1.27. The molecule has 14 heteroatoms. The highest BCUT2D eigenvalue weighted by Crippen LogP contribution is 2.60. The zero-order valence-electron chi connectivity index (χ0n) is 13.0. The number of hydrogen-bond acceptors (Lipinski definition) is 8. The van der Waals surface area contributed by atoms with Gasteiger partial charge in [0.2, 0.25) is 0 Å². The first-order valence-corrected chi connectivity index (χ1v) is 14.2. The van der Waals surface area contributed by atoms with Gasteiger partial charge >= 0.3 is 15.6 Å². The number of alkyl halides is 4. The summed E-state index contributed by atoms with van der Waals surface area (Å²) in [5.74, 6) is 0. The smallest absolute Gasteiger partial charge is 0.286 e. The van der Waals surface area contributed by atoms with Gasteiger partial charge in [-0.2, -0.15) is 0 Å². The van der Waals surface area contributed by atoms with Crippen LogP contribution in [0.25, 0.3) is 0 Å². The number of hydrogen-bond donors (Lipinski definition) is 0. The van der Waals surface area contributed by atoms with Crippen LogP contribution in [0.3, 0.4) is 0 Å². The van der Waals surface area contributed by atoms with Gasteiger partial charge in [-0.15, -0.1) is 0 Å². The normalized spacial score (nSPS) is 38.6. The second-order valence-electron chi connectivity index (χ2n) is 5.58. The van der Waals surface area contributed by atoms with Crippen molar-refractivity contribution in [2.75, 3.05) is 50.3 Å². The second-order valence-corrected chi connectivity index (χ2v) is 12.8. The lowest BCUT2D eigenvalue weighted by Crippen LogP contribution is -2.46. The van der Waals surface area contributed by atoms with E-state index in [1.165, 1.54) is 0 Å². The third-order valence-corrected chi connectivity index (χ3v) is 10.5. The lowest BCUT2D eigenvalue weighted by atomic mass is 9.93. The van der Waals surface area contributed by atoms with Gasteiger partial charge in [0.15, 0.2) is 0 Å². The molecule has 0 aliphatic carbocycles. The summed E-state index contributed by atoms with van der Waals surface area (Å²) in [7, 11) is -7.22. The summed E-state index contributed by atoms with van der Waals surface area (Å²) >= 11 is 13.2. The topological polar surface area (TPSA) is 89.5 Å². The van der Waals surface area contributed by atoms with Crippen LogP contribution in [-0.4, -0.2) is 60.0 Å². The lowest BCUT2D eigenvalue weighted by Gasteiger charge is -2.41. The van der Waals surface area contributed by atoms with E-state index < -0.39 is 21.1 Å². The van der Waals surface area contributed by atoms with Crippen molar-refractivity contribution in [1.82, 2.24) is 0 Å². The molecule has 1 spiro atoms. The van der Waals surface area contributed by atoms with E-state index in [0.717, 1.165) is 0 Å². The highest BCUT2D eigenvalue weighted by Gasteiger charge is 2.50. The Morgan fingerprint density at radius 2 is 1.12 bits per heavy atom. The van der Waals surface area contributed by atoms with Gasteiger partial charge in [0.05, 0.1) is 45.1 Å². The fourth-order valence-electron chi connectivity index (χ4n) is 1.77. The molecule has 0 aromatic rings. The predicted octanol–water partition coefficient (Wildman–Crippen LogP) is 4.63. The van der Waals surface area contributed by atoms with Crippen LogP contribution in [0.2, 0.25) is 0 Å². The Labute approximate surface area is 180 Å². The van der Waals surface area contributed by atoms with Gasteiger partial charge in [-0.1, -0.05) is 63.7 Å². The molecule has 2 fully saturated rings. The highest BCUT2D eigenvalue weighted by atomic mass is 79.9. The van der Waals surface area contributed by atoms with Crippen molar-refractivity contribution in [3.8, 4) is 0 Å². The maximum atomic E-state index is 12.3. The van der Waals surface area contributed by atoms with Crippen molar-refractivity contribution in [2.45, 2.75) is 9.65 Å². The summed E-state index contributed by atoms with van der Waals surface area (Å²) in [6.07, 6.45) is 0. The van der Waals surface area contributed by atoms with Gasteiger partial charge in [0, 0.05) is 20.3 Å². The van der Waals surface area contributed by atoms with Crippen molar-refractivity contribution in [3.63, 3.8) is 0 Å². The average Bonchev–Trinajstić information content (AvgIpc) is 2.63. The Morgan fingerprint density at radius 3 is 1.40 bits per heavy atom. The molecule has 0 saturated carbocycles. The third-order valence-electron chi connectivity index (χ3n) is 3.28. The van der Waals surface area contributed by atoms with Gasteiger partial charge in [0.25, 0.3) is 0 Å². The number of phosphoric ester groups is 2. The molecule has 2 rings (SSSR count). The molecule has 0 N–H and O–H groups in total. The van der Waals surface area contributed by atoms with Crippen LogP contribution in [0.15, 0.2) is 0 Å².